The second-order valence-corrected chi connectivity index (χ2v) is 5.18. The molecule has 1 N–H and O–H groups in total. The van der Waals surface area contributed by atoms with Gasteiger partial charge in [0.15, 0.2) is 0 Å². The molecular formula is C17H12FN3O5. The molecule has 0 aliphatic heterocycles. The Balaban J connectivity index is 1.65. The number of halogens is 1. The predicted octanol–water partition coefficient (Wildman–Crippen LogP) is 3.55. The molecule has 0 bridgehead atoms. The highest BCUT2D eigenvalue weighted by atomic mass is 19.1. The highest BCUT2D eigenvalue weighted by Gasteiger charge is 2.18. The summed E-state index contributed by atoms with van der Waals surface area (Å²) in [5, 5.41) is 16.7. The molecule has 9 heteroatoms. The summed E-state index contributed by atoms with van der Waals surface area (Å²) in [7, 11) is 0. The molecule has 1 aromatic heterocycles. The summed E-state index contributed by atoms with van der Waals surface area (Å²) in [6, 6.07) is 13.6. The molecule has 0 saturated carbocycles. The predicted molar refractivity (Wildman–Crippen MR) is 88.3 cm³/mol. The van der Waals surface area contributed by atoms with Gasteiger partial charge in [-0.2, -0.15) is 4.39 Å². The Bertz CT molecular complexity index is 943. The first kappa shape index (κ1) is 17.1. The van der Waals surface area contributed by atoms with Gasteiger partial charge in [0.2, 0.25) is 11.6 Å². The fraction of sp³-hybridized carbons (Fsp3) is 0.0588. The number of rotatable bonds is 6. The van der Waals surface area contributed by atoms with Gasteiger partial charge in [0.1, 0.15) is 6.61 Å². The highest BCUT2D eigenvalue weighted by molar-refractivity contribution is 6.02. The SMILES string of the molecule is O=C(Nc1ccc(F)c([N+](=O)[O-])c1)c1cc(OCc2ccccc2)no1. The molecule has 0 atom stereocenters. The van der Waals surface area contributed by atoms with Gasteiger partial charge in [-0.25, -0.2) is 0 Å². The van der Waals surface area contributed by atoms with Crippen molar-refractivity contribution in [2.45, 2.75) is 6.61 Å². The van der Waals surface area contributed by atoms with Crippen molar-refractivity contribution in [1.29, 1.82) is 0 Å². The number of nitrogens with zero attached hydrogens (tertiary/aromatic N) is 2. The van der Waals surface area contributed by atoms with E-state index < -0.39 is 22.3 Å². The Kier molecular flexibility index (Phi) is 4.88. The van der Waals surface area contributed by atoms with Crippen LogP contribution in [0.25, 0.3) is 0 Å². The van der Waals surface area contributed by atoms with E-state index in [1.165, 1.54) is 12.1 Å². The van der Waals surface area contributed by atoms with Gasteiger partial charge in [-0.05, 0) is 22.9 Å². The zero-order chi connectivity index (χ0) is 18.5. The van der Waals surface area contributed by atoms with Crippen LogP contribution in [-0.2, 0) is 6.61 Å². The van der Waals surface area contributed by atoms with E-state index >= 15 is 0 Å². The molecule has 0 unspecified atom stereocenters. The van der Waals surface area contributed by atoms with Gasteiger partial charge in [-0.3, -0.25) is 14.9 Å². The lowest BCUT2D eigenvalue weighted by Crippen LogP contribution is -2.11. The minimum Gasteiger partial charge on any atom is -0.471 e. The fourth-order valence-corrected chi connectivity index (χ4v) is 2.09. The number of anilines is 1. The number of carbonyl (C=O) groups is 1. The fourth-order valence-electron chi connectivity index (χ4n) is 2.09. The number of ether oxygens (including phenoxy) is 1. The Hall–Kier alpha value is -3.75. The molecule has 8 nitrogen and oxygen atoms in total. The molecule has 0 saturated heterocycles. The summed E-state index contributed by atoms with van der Waals surface area (Å²) < 4.78 is 23.6. The average molecular weight is 357 g/mol. The summed E-state index contributed by atoms with van der Waals surface area (Å²) in [5.74, 6) is -1.73. The monoisotopic (exact) mass is 357 g/mol. The number of hydrogen-bond acceptors (Lipinski definition) is 6. The number of nitro groups is 1. The second kappa shape index (κ2) is 7.43. The Morgan fingerprint density at radius 1 is 1.23 bits per heavy atom. The maximum atomic E-state index is 13.3. The van der Waals surface area contributed by atoms with Crippen LogP contribution in [-0.4, -0.2) is 16.0 Å². The van der Waals surface area contributed by atoms with Crippen molar-refractivity contribution < 1.29 is 23.4 Å². The third-order valence-corrected chi connectivity index (χ3v) is 3.34. The van der Waals surface area contributed by atoms with E-state index in [0.29, 0.717) is 0 Å². The quantitative estimate of drug-likeness (QED) is 0.534. The van der Waals surface area contributed by atoms with Crippen molar-refractivity contribution in [3.63, 3.8) is 0 Å². The van der Waals surface area contributed by atoms with Crippen LogP contribution >= 0.6 is 0 Å². The van der Waals surface area contributed by atoms with E-state index in [0.717, 1.165) is 17.7 Å². The van der Waals surface area contributed by atoms with E-state index in [9.17, 15) is 19.3 Å². The van der Waals surface area contributed by atoms with Gasteiger partial charge in [-0.1, -0.05) is 30.3 Å². The largest absolute Gasteiger partial charge is 0.471 e. The molecule has 1 amide bonds. The summed E-state index contributed by atoms with van der Waals surface area (Å²) >= 11 is 0. The van der Waals surface area contributed by atoms with Crippen molar-refractivity contribution in [3.8, 4) is 5.88 Å². The Labute approximate surface area is 146 Å². The van der Waals surface area contributed by atoms with Crippen LogP contribution in [0, 0.1) is 15.9 Å². The van der Waals surface area contributed by atoms with Gasteiger partial charge < -0.3 is 14.6 Å². The van der Waals surface area contributed by atoms with Crippen LogP contribution in [0.3, 0.4) is 0 Å². The van der Waals surface area contributed by atoms with Gasteiger partial charge >= 0.3 is 5.69 Å². The molecule has 0 aliphatic carbocycles. The minimum absolute atomic E-state index is 0.0475. The minimum atomic E-state index is -0.996. The smallest absolute Gasteiger partial charge is 0.306 e. The van der Waals surface area contributed by atoms with Crippen molar-refractivity contribution in [1.82, 2.24) is 5.16 Å². The third kappa shape index (κ3) is 4.01. The lowest BCUT2D eigenvalue weighted by atomic mass is 10.2. The zero-order valence-electron chi connectivity index (χ0n) is 13.2. The normalized spacial score (nSPS) is 10.3. The Morgan fingerprint density at radius 2 is 2.00 bits per heavy atom. The van der Waals surface area contributed by atoms with E-state index in [-0.39, 0.29) is 23.9 Å². The molecule has 2 aromatic carbocycles. The number of carbonyl (C=O) groups excluding carboxylic acids is 1. The number of hydrogen-bond donors (Lipinski definition) is 1. The molecule has 0 aliphatic rings. The summed E-state index contributed by atoms with van der Waals surface area (Å²) in [5.41, 5.74) is 0.221. The molecule has 26 heavy (non-hydrogen) atoms. The van der Waals surface area contributed by atoms with Gasteiger partial charge in [0.25, 0.3) is 11.8 Å². The van der Waals surface area contributed by atoms with Crippen molar-refractivity contribution >= 4 is 17.3 Å². The topological polar surface area (TPSA) is 108 Å². The summed E-state index contributed by atoms with van der Waals surface area (Å²) in [4.78, 5) is 22.0. The van der Waals surface area contributed by atoms with Crippen molar-refractivity contribution in [2.24, 2.45) is 0 Å². The van der Waals surface area contributed by atoms with Crippen LogP contribution in [0.1, 0.15) is 16.1 Å². The Morgan fingerprint density at radius 3 is 2.73 bits per heavy atom. The number of amides is 1. The van der Waals surface area contributed by atoms with E-state index in [2.05, 4.69) is 10.5 Å². The first-order chi connectivity index (χ1) is 12.5. The highest BCUT2D eigenvalue weighted by Crippen LogP contribution is 2.22. The second-order valence-electron chi connectivity index (χ2n) is 5.18. The molecular weight excluding hydrogens is 345 g/mol. The molecule has 0 spiro atoms. The first-order valence-electron chi connectivity index (χ1n) is 7.41. The van der Waals surface area contributed by atoms with Crippen LogP contribution < -0.4 is 10.1 Å². The van der Waals surface area contributed by atoms with Crippen LogP contribution in [0.2, 0.25) is 0 Å². The lowest BCUT2D eigenvalue weighted by molar-refractivity contribution is -0.387. The van der Waals surface area contributed by atoms with E-state index in [4.69, 9.17) is 9.26 Å². The number of benzene rings is 2. The first-order valence-corrected chi connectivity index (χ1v) is 7.41. The van der Waals surface area contributed by atoms with Crippen LogP contribution in [0.5, 0.6) is 5.88 Å². The van der Waals surface area contributed by atoms with Gasteiger partial charge in [-0.15, -0.1) is 0 Å². The van der Waals surface area contributed by atoms with Gasteiger partial charge in [0, 0.05) is 11.8 Å². The maximum Gasteiger partial charge on any atom is 0.306 e. The third-order valence-electron chi connectivity index (χ3n) is 3.34. The number of nitrogens with one attached hydrogen (secondary N) is 1. The summed E-state index contributed by atoms with van der Waals surface area (Å²) in [6.45, 7) is 0.249. The van der Waals surface area contributed by atoms with Crippen LogP contribution in [0.15, 0.2) is 59.1 Å². The number of nitro benzene ring substituents is 1. The van der Waals surface area contributed by atoms with E-state index in [1.807, 2.05) is 30.3 Å². The van der Waals surface area contributed by atoms with E-state index in [1.54, 1.807) is 0 Å². The zero-order valence-corrected chi connectivity index (χ0v) is 13.2. The standard InChI is InChI=1S/C17H12FN3O5/c18-13-7-6-12(8-14(13)21(23)24)19-17(22)15-9-16(20-26-15)25-10-11-4-2-1-3-5-11/h1-9H,10H2,(H,19,22). The molecule has 3 rings (SSSR count). The molecule has 1 heterocycles. The molecule has 3 aromatic rings. The number of aromatic nitrogens is 1. The van der Waals surface area contributed by atoms with Crippen molar-refractivity contribution in [3.05, 3.63) is 81.9 Å². The molecule has 0 fully saturated rings. The van der Waals surface area contributed by atoms with Gasteiger partial charge in [0.05, 0.1) is 11.0 Å². The van der Waals surface area contributed by atoms with Crippen LogP contribution in [0.4, 0.5) is 15.8 Å². The maximum absolute atomic E-state index is 13.3. The van der Waals surface area contributed by atoms with Crippen molar-refractivity contribution in [2.75, 3.05) is 5.32 Å². The summed E-state index contributed by atoms with van der Waals surface area (Å²) in [6.07, 6.45) is 0. The average Bonchev–Trinajstić information content (AvgIpc) is 3.11. The molecule has 132 valence electrons. The molecule has 0 radical (unpaired) electrons. The lowest BCUT2D eigenvalue weighted by Gasteiger charge is -2.02.